The summed E-state index contributed by atoms with van der Waals surface area (Å²) in [4.78, 5) is 14.5. The summed E-state index contributed by atoms with van der Waals surface area (Å²) >= 11 is 0. The van der Waals surface area contributed by atoms with Crippen molar-refractivity contribution in [1.82, 2.24) is 4.98 Å². The number of terminal acetylenes is 1. The number of nitrogens with zero attached hydrogens (tertiary/aromatic N) is 1. The standard InChI is InChI=1S/C9H7NO2/c1-3-7-6(2)10-5-4-8(7)9(11)12/h1,4-5H,2H3,(H,11,12). The Morgan fingerprint density at radius 2 is 2.42 bits per heavy atom. The van der Waals surface area contributed by atoms with Gasteiger partial charge in [-0.2, -0.15) is 0 Å². The lowest BCUT2D eigenvalue weighted by atomic mass is 10.1. The Bertz CT molecular complexity index is 363. The molecule has 3 nitrogen and oxygen atoms in total. The molecule has 0 radical (unpaired) electrons. The van der Waals surface area contributed by atoms with Gasteiger partial charge in [0.1, 0.15) is 0 Å². The quantitative estimate of drug-likeness (QED) is 0.627. The first-order valence-electron chi connectivity index (χ1n) is 3.32. The largest absolute Gasteiger partial charge is 0.478 e. The van der Waals surface area contributed by atoms with Crippen molar-refractivity contribution >= 4 is 5.97 Å². The molecule has 1 heterocycles. The Hall–Kier alpha value is -1.82. The summed E-state index contributed by atoms with van der Waals surface area (Å²) in [6, 6.07) is 1.39. The van der Waals surface area contributed by atoms with Crippen LogP contribution in [0.4, 0.5) is 0 Å². The normalized spacial score (nSPS) is 9.00. The van der Waals surface area contributed by atoms with E-state index in [0.29, 0.717) is 11.3 Å². The van der Waals surface area contributed by atoms with Crippen LogP contribution in [0.25, 0.3) is 0 Å². The van der Waals surface area contributed by atoms with E-state index in [-0.39, 0.29) is 5.56 Å². The van der Waals surface area contributed by atoms with E-state index < -0.39 is 5.97 Å². The highest BCUT2D eigenvalue weighted by molar-refractivity contribution is 5.90. The fraction of sp³-hybridized carbons (Fsp3) is 0.111. The molecule has 0 aromatic carbocycles. The van der Waals surface area contributed by atoms with E-state index in [2.05, 4.69) is 10.9 Å². The zero-order valence-electron chi connectivity index (χ0n) is 6.53. The van der Waals surface area contributed by atoms with Crippen molar-refractivity contribution in [2.45, 2.75) is 6.92 Å². The fourth-order valence-corrected chi connectivity index (χ4v) is 0.927. The van der Waals surface area contributed by atoms with Gasteiger partial charge in [0, 0.05) is 6.20 Å². The predicted octanol–water partition coefficient (Wildman–Crippen LogP) is 1.07. The third kappa shape index (κ3) is 1.28. The van der Waals surface area contributed by atoms with E-state index >= 15 is 0 Å². The summed E-state index contributed by atoms with van der Waals surface area (Å²) in [5, 5.41) is 8.70. The number of carboxylic acids is 1. The van der Waals surface area contributed by atoms with Gasteiger partial charge in [0.15, 0.2) is 0 Å². The molecule has 0 spiro atoms. The first-order valence-corrected chi connectivity index (χ1v) is 3.32. The van der Waals surface area contributed by atoms with Crippen molar-refractivity contribution in [1.29, 1.82) is 0 Å². The van der Waals surface area contributed by atoms with Crippen LogP contribution in [0.15, 0.2) is 12.3 Å². The van der Waals surface area contributed by atoms with Gasteiger partial charge in [0.05, 0.1) is 16.8 Å². The number of aromatic carboxylic acids is 1. The highest BCUT2D eigenvalue weighted by Crippen LogP contribution is 2.09. The van der Waals surface area contributed by atoms with E-state index in [9.17, 15) is 4.79 Å². The second-order valence-electron chi connectivity index (χ2n) is 2.27. The van der Waals surface area contributed by atoms with Crippen LogP contribution in [0, 0.1) is 19.3 Å². The lowest BCUT2D eigenvalue weighted by molar-refractivity contribution is 0.0696. The van der Waals surface area contributed by atoms with E-state index in [1.807, 2.05) is 0 Å². The SMILES string of the molecule is C#Cc1c(C(=O)O)ccnc1C. The third-order valence-corrected chi connectivity index (χ3v) is 1.52. The van der Waals surface area contributed by atoms with Gasteiger partial charge in [-0.25, -0.2) is 4.79 Å². The fourth-order valence-electron chi connectivity index (χ4n) is 0.927. The number of hydrogen-bond acceptors (Lipinski definition) is 2. The van der Waals surface area contributed by atoms with Gasteiger partial charge in [0.25, 0.3) is 0 Å². The van der Waals surface area contributed by atoms with Crippen LogP contribution in [0.1, 0.15) is 21.6 Å². The van der Waals surface area contributed by atoms with Crippen LogP contribution in [0.3, 0.4) is 0 Å². The number of carboxylic acid groups (broad SMARTS) is 1. The number of pyridine rings is 1. The van der Waals surface area contributed by atoms with Crippen molar-refractivity contribution in [2.75, 3.05) is 0 Å². The number of aromatic nitrogens is 1. The zero-order chi connectivity index (χ0) is 9.14. The highest BCUT2D eigenvalue weighted by Gasteiger charge is 2.09. The first kappa shape index (κ1) is 8.28. The Morgan fingerprint density at radius 3 is 2.83 bits per heavy atom. The van der Waals surface area contributed by atoms with Crippen LogP contribution in [-0.2, 0) is 0 Å². The van der Waals surface area contributed by atoms with E-state index in [1.54, 1.807) is 6.92 Å². The number of rotatable bonds is 1. The molecule has 0 unspecified atom stereocenters. The smallest absolute Gasteiger partial charge is 0.337 e. The van der Waals surface area contributed by atoms with Crippen LogP contribution in [0.5, 0.6) is 0 Å². The lowest BCUT2D eigenvalue weighted by Crippen LogP contribution is -2.02. The second kappa shape index (κ2) is 3.05. The van der Waals surface area contributed by atoms with Crippen molar-refractivity contribution in [3.05, 3.63) is 29.1 Å². The maximum atomic E-state index is 10.6. The summed E-state index contributed by atoms with van der Waals surface area (Å²) in [5.41, 5.74) is 1.05. The summed E-state index contributed by atoms with van der Waals surface area (Å²) in [7, 11) is 0. The van der Waals surface area contributed by atoms with Crippen LogP contribution >= 0.6 is 0 Å². The van der Waals surface area contributed by atoms with E-state index in [0.717, 1.165) is 0 Å². The van der Waals surface area contributed by atoms with E-state index in [1.165, 1.54) is 12.3 Å². The Labute approximate surface area is 70.1 Å². The Kier molecular flexibility index (Phi) is 2.11. The summed E-state index contributed by atoms with van der Waals surface area (Å²) < 4.78 is 0. The van der Waals surface area contributed by atoms with Gasteiger partial charge < -0.3 is 5.11 Å². The van der Waals surface area contributed by atoms with Gasteiger partial charge in [-0.05, 0) is 13.0 Å². The number of carbonyl (C=O) groups is 1. The maximum Gasteiger partial charge on any atom is 0.337 e. The van der Waals surface area contributed by atoms with Crippen LogP contribution < -0.4 is 0 Å². The molecule has 0 bridgehead atoms. The number of aryl methyl sites for hydroxylation is 1. The molecule has 1 rings (SSSR count). The minimum absolute atomic E-state index is 0.130. The third-order valence-electron chi connectivity index (χ3n) is 1.52. The molecule has 1 aromatic heterocycles. The molecule has 0 aliphatic heterocycles. The Morgan fingerprint density at radius 1 is 1.75 bits per heavy atom. The Balaban J connectivity index is 3.40. The molecule has 0 atom stereocenters. The van der Waals surface area contributed by atoms with Crippen molar-refractivity contribution in [3.63, 3.8) is 0 Å². The molecule has 0 amide bonds. The molecular weight excluding hydrogens is 154 g/mol. The maximum absolute atomic E-state index is 10.6. The molecule has 60 valence electrons. The average Bonchev–Trinajstić information content (AvgIpc) is 2.03. The molecule has 0 fully saturated rings. The minimum Gasteiger partial charge on any atom is -0.478 e. The molecule has 1 N–H and O–H groups in total. The van der Waals surface area contributed by atoms with Crippen molar-refractivity contribution < 1.29 is 9.90 Å². The summed E-state index contributed by atoms with van der Waals surface area (Å²) in [5.74, 6) is 1.28. The van der Waals surface area contributed by atoms with Gasteiger partial charge in [-0.1, -0.05) is 5.92 Å². The van der Waals surface area contributed by atoms with Crippen molar-refractivity contribution in [2.24, 2.45) is 0 Å². The molecule has 1 aromatic rings. The molecule has 0 saturated heterocycles. The van der Waals surface area contributed by atoms with Crippen LogP contribution in [-0.4, -0.2) is 16.1 Å². The van der Waals surface area contributed by atoms with Gasteiger partial charge >= 0.3 is 5.97 Å². The number of hydrogen-bond donors (Lipinski definition) is 1. The van der Waals surface area contributed by atoms with Crippen LogP contribution in [0.2, 0.25) is 0 Å². The lowest BCUT2D eigenvalue weighted by Gasteiger charge is -2.00. The molecule has 3 heteroatoms. The molecular formula is C9H7NO2. The minimum atomic E-state index is -1.02. The van der Waals surface area contributed by atoms with Gasteiger partial charge in [0.2, 0.25) is 0 Å². The van der Waals surface area contributed by atoms with Crippen molar-refractivity contribution in [3.8, 4) is 12.3 Å². The highest BCUT2D eigenvalue weighted by atomic mass is 16.4. The second-order valence-corrected chi connectivity index (χ2v) is 2.27. The van der Waals surface area contributed by atoms with E-state index in [4.69, 9.17) is 11.5 Å². The molecule has 0 aliphatic carbocycles. The molecule has 12 heavy (non-hydrogen) atoms. The molecule has 0 aliphatic rings. The van der Waals surface area contributed by atoms with Gasteiger partial charge in [-0.3, -0.25) is 4.98 Å². The molecule has 0 saturated carbocycles. The predicted molar refractivity (Wildman–Crippen MR) is 43.9 cm³/mol. The summed E-state index contributed by atoms with van der Waals surface area (Å²) in [6.45, 7) is 1.68. The monoisotopic (exact) mass is 161 g/mol. The first-order chi connectivity index (χ1) is 5.66. The average molecular weight is 161 g/mol. The zero-order valence-corrected chi connectivity index (χ0v) is 6.53. The van der Waals surface area contributed by atoms with Gasteiger partial charge in [-0.15, -0.1) is 6.42 Å². The topological polar surface area (TPSA) is 50.2 Å². The summed E-state index contributed by atoms with van der Waals surface area (Å²) in [6.07, 6.45) is 6.57.